The van der Waals surface area contributed by atoms with Crippen LogP contribution in [-0.4, -0.2) is 63.9 Å². The second-order valence-electron chi connectivity index (χ2n) is 7.52. The highest BCUT2D eigenvalue weighted by Crippen LogP contribution is 2.28. The van der Waals surface area contributed by atoms with Crippen LogP contribution in [0, 0.1) is 12.8 Å². The lowest BCUT2D eigenvalue weighted by molar-refractivity contribution is -0.132. The summed E-state index contributed by atoms with van der Waals surface area (Å²) in [7, 11) is 0. The quantitative estimate of drug-likeness (QED) is 0.875. The summed E-state index contributed by atoms with van der Waals surface area (Å²) in [6, 6.07) is 2.89. The van der Waals surface area contributed by atoms with Crippen molar-refractivity contribution < 1.29 is 19.5 Å². The predicted octanol–water partition coefficient (Wildman–Crippen LogP) is 2.34. The SMILES string of the molecule is Cc1nc(C(=O)N2CCCN(C(=O)CC3CCCC3)CC2)ccc1C(=O)O. The normalized spacial score (nSPS) is 18.4. The van der Waals surface area contributed by atoms with E-state index in [2.05, 4.69) is 4.98 Å². The first-order chi connectivity index (χ1) is 13.0. The molecule has 2 aliphatic rings. The molecule has 0 radical (unpaired) electrons. The molecular formula is C20H27N3O4. The van der Waals surface area contributed by atoms with Crippen molar-refractivity contribution in [3.8, 4) is 0 Å². The first kappa shape index (κ1) is 19.3. The molecule has 2 heterocycles. The Morgan fingerprint density at radius 3 is 2.37 bits per heavy atom. The van der Waals surface area contributed by atoms with Gasteiger partial charge in [0.05, 0.1) is 11.3 Å². The minimum Gasteiger partial charge on any atom is -0.478 e. The highest BCUT2D eigenvalue weighted by Gasteiger charge is 2.26. The molecule has 7 heteroatoms. The number of aromatic nitrogens is 1. The summed E-state index contributed by atoms with van der Waals surface area (Å²) < 4.78 is 0. The molecule has 1 aliphatic heterocycles. The standard InChI is InChI=1S/C20H27N3O4/c1-14-16(20(26)27)7-8-17(21-14)19(25)23-10-4-9-22(11-12-23)18(24)13-15-5-2-3-6-15/h7-8,15H,2-6,9-13H2,1H3,(H,26,27). The maximum Gasteiger partial charge on any atom is 0.337 e. The van der Waals surface area contributed by atoms with Crippen molar-refractivity contribution >= 4 is 17.8 Å². The van der Waals surface area contributed by atoms with Crippen LogP contribution in [0.4, 0.5) is 0 Å². The number of carboxylic acids is 1. The largest absolute Gasteiger partial charge is 0.478 e. The van der Waals surface area contributed by atoms with E-state index in [-0.39, 0.29) is 23.1 Å². The molecule has 0 spiro atoms. The van der Waals surface area contributed by atoms with Crippen molar-refractivity contribution in [2.75, 3.05) is 26.2 Å². The minimum atomic E-state index is -1.05. The second-order valence-corrected chi connectivity index (χ2v) is 7.52. The van der Waals surface area contributed by atoms with E-state index < -0.39 is 5.97 Å². The Morgan fingerprint density at radius 2 is 1.70 bits per heavy atom. The van der Waals surface area contributed by atoms with Gasteiger partial charge in [0.1, 0.15) is 5.69 Å². The highest BCUT2D eigenvalue weighted by molar-refractivity contribution is 5.94. The van der Waals surface area contributed by atoms with E-state index in [1.165, 1.54) is 25.0 Å². The number of aryl methyl sites for hydroxylation is 1. The van der Waals surface area contributed by atoms with E-state index in [9.17, 15) is 14.4 Å². The molecule has 3 rings (SSSR count). The van der Waals surface area contributed by atoms with Gasteiger partial charge in [-0.25, -0.2) is 9.78 Å². The Bertz CT molecular complexity index is 728. The van der Waals surface area contributed by atoms with Crippen LogP contribution in [0.15, 0.2) is 12.1 Å². The van der Waals surface area contributed by atoms with Gasteiger partial charge in [-0.05, 0) is 44.2 Å². The van der Waals surface area contributed by atoms with Crippen LogP contribution in [0.25, 0.3) is 0 Å². The monoisotopic (exact) mass is 373 g/mol. The summed E-state index contributed by atoms with van der Waals surface area (Å²) >= 11 is 0. The van der Waals surface area contributed by atoms with Gasteiger partial charge in [-0.3, -0.25) is 9.59 Å². The first-order valence-corrected chi connectivity index (χ1v) is 9.73. The molecule has 0 aromatic carbocycles. The Balaban J connectivity index is 1.60. The fourth-order valence-electron chi connectivity index (χ4n) is 4.03. The van der Waals surface area contributed by atoms with Gasteiger partial charge in [0.15, 0.2) is 0 Å². The average Bonchev–Trinajstić information content (AvgIpc) is 3.02. The zero-order valence-corrected chi connectivity index (χ0v) is 15.8. The van der Waals surface area contributed by atoms with Gasteiger partial charge in [0.2, 0.25) is 5.91 Å². The number of carboxylic acid groups (broad SMARTS) is 1. The lowest BCUT2D eigenvalue weighted by Crippen LogP contribution is -2.38. The van der Waals surface area contributed by atoms with E-state index in [1.54, 1.807) is 11.8 Å². The molecule has 0 bridgehead atoms. The molecule has 2 amide bonds. The van der Waals surface area contributed by atoms with Crippen molar-refractivity contribution in [1.29, 1.82) is 0 Å². The smallest absolute Gasteiger partial charge is 0.337 e. The van der Waals surface area contributed by atoms with E-state index in [1.807, 2.05) is 4.90 Å². The van der Waals surface area contributed by atoms with Crippen LogP contribution in [0.3, 0.4) is 0 Å². The zero-order chi connectivity index (χ0) is 19.4. The molecule has 1 saturated heterocycles. The number of amides is 2. The fourth-order valence-corrected chi connectivity index (χ4v) is 4.03. The Morgan fingerprint density at radius 1 is 1.04 bits per heavy atom. The summed E-state index contributed by atoms with van der Waals surface area (Å²) in [5.41, 5.74) is 0.686. The summed E-state index contributed by atoms with van der Waals surface area (Å²) in [5.74, 6) is -0.528. The van der Waals surface area contributed by atoms with Gasteiger partial charge in [0, 0.05) is 32.6 Å². The first-order valence-electron chi connectivity index (χ1n) is 9.73. The molecule has 2 fully saturated rings. The van der Waals surface area contributed by atoms with Gasteiger partial charge in [-0.1, -0.05) is 12.8 Å². The van der Waals surface area contributed by atoms with Crippen LogP contribution in [0.1, 0.15) is 65.1 Å². The fraction of sp³-hybridized carbons (Fsp3) is 0.600. The number of hydrogen-bond acceptors (Lipinski definition) is 4. The van der Waals surface area contributed by atoms with Gasteiger partial charge < -0.3 is 14.9 Å². The molecule has 27 heavy (non-hydrogen) atoms. The number of nitrogens with zero attached hydrogens (tertiary/aromatic N) is 3. The lowest BCUT2D eigenvalue weighted by atomic mass is 10.0. The molecular weight excluding hydrogens is 346 g/mol. The molecule has 1 aliphatic carbocycles. The number of aromatic carboxylic acids is 1. The van der Waals surface area contributed by atoms with Crippen LogP contribution in [-0.2, 0) is 4.79 Å². The summed E-state index contributed by atoms with van der Waals surface area (Å²) in [5, 5.41) is 9.09. The molecule has 1 aromatic heterocycles. The van der Waals surface area contributed by atoms with E-state index in [0.29, 0.717) is 44.2 Å². The Labute approximate surface area is 159 Å². The molecule has 7 nitrogen and oxygen atoms in total. The topological polar surface area (TPSA) is 90.8 Å². The zero-order valence-electron chi connectivity index (χ0n) is 15.8. The van der Waals surface area contributed by atoms with Crippen LogP contribution in [0.5, 0.6) is 0 Å². The molecule has 1 aromatic rings. The third-order valence-corrected chi connectivity index (χ3v) is 5.61. The molecule has 0 atom stereocenters. The number of hydrogen-bond donors (Lipinski definition) is 1. The van der Waals surface area contributed by atoms with Crippen LogP contribution in [0.2, 0.25) is 0 Å². The Kier molecular flexibility index (Phi) is 6.08. The molecule has 0 unspecified atom stereocenters. The van der Waals surface area contributed by atoms with Crippen LogP contribution >= 0.6 is 0 Å². The van der Waals surface area contributed by atoms with E-state index in [0.717, 1.165) is 19.3 Å². The van der Waals surface area contributed by atoms with E-state index in [4.69, 9.17) is 5.11 Å². The summed E-state index contributed by atoms with van der Waals surface area (Å²) in [6.07, 6.45) is 6.14. The van der Waals surface area contributed by atoms with Crippen molar-refractivity contribution in [3.05, 3.63) is 29.1 Å². The van der Waals surface area contributed by atoms with Gasteiger partial charge in [-0.15, -0.1) is 0 Å². The average molecular weight is 373 g/mol. The summed E-state index contributed by atoms with van der Waals surface area (Å²) in [6.45, 7) is 3.87. The predicted molar refractivity (Wildman–Crippen MR) is 99.6 cm³/mol. The third kappa shape index (κ3) is 4.64. The number of rotatable bonds is 4. The van der Waals surface area contributed by atoms with Gasteiger partial charge >= 0.3 is 5.97 Å². The molecule has 1 N–H and O–H groups in total. The van der Waals surface area contributed by atoms with Crippen LogP contribution < -0.4 is 0 Å². The maximum absolute atomic E-state index is 12.8. The van der Waals surface area contributed by atoms with Crippen molar-refractivity contribution in [3.63, 3.8) is 0 Å². The van der Waals surface area contributed by atoms with Crippen molar-refractivity contribution in [2.24, 2.45) is 5.92 Å². The molecule has 1 saturated carbocycles. The summed E-state index contributed by atoms with van der Waals surface area (Å²) in [4.78, 5) is 44.2. The van der Waals surface area contributed by atoms with Crippen molar-refractivity contribution in [1.82, 2.24) is 14.8 Å². The van der Waals surface area contributed by atoms with Gasteiger partial charge in [-0.2, -0.15) is 0 Å². The maximum atomic E-state index is 12.8. The van der Waals surface area contributed by atoms with Crippen molar-refractivity contribution in [2.45, 2.75) is 45.4 Å². The van der Waals surface area contributed by atoms with E-state index >= 15 is 0 Å². The minimum absolute atomic E-state index is 0.103. The Hall–Kier alpha value is -2.44. The molecule has 146 valence electrons. The van der Waals surface area contributed by atoms with Gasteiger partial charge in [0.25, 0.3) is 5.91 Å². The number of carbonyl (C=O) groups excluding carboxylic acids is 2. The second kappa shape index (κ2) is 8.50. The lowest BCUT2D eigenvalue weighted by Gasteiger charge is -2.23. The third-order valence-electron chi connectivity index (χ3n) is 5.61. The number of pyridine rings is 1. The number of carbonyl (C=O) groups is 3. The highest BCUT2D eigenvalue weighted by atomic mass is 16.4.